The minimum atomic E-state index is 0.481. The second-order valence-electron chi connectivity index (χ2n) is 4.32. The first kappa shape index (κ1) is 13.7. The Morgan fingerprint density at radius 3 is 2.62 bits per heavy atom. The molecule has 0 aromatic carbocycles. The van der Waals surface area contributed by atoms with Gasteiger partial charge < -0.3 is 0 Å². The zero-order valence-electron chi connectivity index (χ0n) is 10.4. The van der Waals surface area contributed by atoms with Crippen LogP contribution >= 0.6 is 11.3 Å². The van der Waals surface area contributed by atoms with E-state index in [4.69, 9.17) is 5.84 Å². The summed E-state index contributed by atoms with van der Waals surface area (Å²) in [6.07, 6.45) is 6.03. The van der Waals surface area contributed by atoms with Crippen LogP contribution in [0.2, 0.25) is 0 Å². The number of hydrazine groups is 1. The quantitative estimate of drug-likeness (QED) is 0.540. The first-order valence-corrected chi connectivity index (χ1v) is 7.18. The van der Waals surface area contributed by atoms with Crippen molar-refractivity contribution in [1.82, 2.24) is 5.43 Å². The van der Waals surface area contributed by atoms with Crippen molar-refractivity contribution in [1.29, 1.82) is 0 Å². The van der Waals surface area contributed by atoms with Gasteiger partial charge in [-0.15, -0.1) is 11.3 Å². The van der Waals surface area contributed by atoms with Crippen LogP contribution in [-0.4, -0.2) is 6.04 Å². The zero-order chi connectivity index (χ0) is 11.8. The number of aryl methyl sites for hydroxylation is 1. The molecule has 0 saturated carbocycles. The van der Waals surface area contributed by atoms with Crippen LogP contribution in [0.3, 0.4) is 0 Å². The summed E-state index contributed by atoms with van der Waals surface area (Å²) in [6, 6.07) is 4.82. The van der Waals surface area contributed by atoms with Gasteiger partial charge in [0.1, 0.15) is 0 Å². The molecule has 0 aliphatic heterocycles. The van der Waals surface area contributed by atoms with Gasteiger partial charge in [0.2, 0.25) is 0 Å². The molecule has 1 aromatic heterocycles. The average Bonchev–Trinajstić information content (AvgIpc) is 2.81. The maximum absolute atomic E-state index is 5.64. The molecule has 0 saturated heterocycles. The second-order valence-corrected chi connectivity index (χ2v) is 5.35. The first-order valence-electron chi connectivity index (χ1n) is 6.30. The SMILES string of the molecule is CCC(CC)C(CCCc1cccs1)NN. The molecule has 0 amide bonds. The normalized spacial score (nSPS) is 13.2. The van der Waals surface area contributed by atoms with Crippen molar-refractivity contribution in [2.24, 2.45) is 11.8 Å². The lowest BCUT2D eigenvalue weighted by Gasteiger charge is -2.24. The highest BCUT2D eigenvalue weighted by atomic mass is 32.1. The summed E-state index contributed by atoms with van der Waals surface area (Å²) in [4.78, 5) is 1.49. The Balaban J connectivity index is 2.28. The molecule has 1 atom stereocenters. The Kier molecular flexibility index (Phi) is 6.69. The molecule has 1 rings (SSSR count). The Morgan fingerprint density at radius 1 is 1.38 bits per heavy atom. The van der Waals surface area contributed by atoms with Gasteiger partial charge in [-0.05, 0) is 36.6 Å². The molecular formula is C13H24N2S. The summed E-state index contributed by atoms with van der Waals surface area (Å²) in [6.45, 7) is 4.50. The average molecular weight is 240 g/mol. The standard InChI is InChI=1S/C13H24N2S/c1-3-11(4-2)13(15-14)9-5-7-12-8-6-10-16-12/h6,8,10-11,13,15H,3-5,7,9,14H2,1-2H3. The number of nitrogens with one attached hydrogen (secondary N) is 1. The van der Waals surface area contributed by atoms with Crippen LogP contribution in [0, 0.1) is 5.92 Å². The fourth-order valence-electron chi connectivity index (χ4n) is 2.26. The Hall–Kier alpha value is -0.380. The first-order chi connectivity index (χ1) is 7.81. The van der Waals surface area contributed by atoms with Crippen molar-refractivity contribution in [2.45, 2.75) is 52.0 Å². The van der Waals surface area contributed by atoms with Gasteiger partial charge >= 0.3 is 0 Å². The van der Waals surface area contributed by atoms with E-state index >= 15 is 0 Å². The van der Waals surface area contributed by atoms with E-state index in [2.05, 4.69) is 36.8 Å². The highest BCUT2D eigenvalue weighted by molar-refractivity contribution is 7.09. The van der Waals surface area contributed by atoms with Crippen LogP contribution in [-0.2, 0) is 6.42 Å². The zero-order valence-corrected chi connectivity index (χ0v) is 11.2. The Morgan fingerprint density at radius 2 is 2.12 bits per heavy atom. The summed E-state index contributed by atoms with van der Waals surface area (Å²) in [7, 11) is 0. The van der Waals surface area contributed by atoms with Crippen LogP contribution in [0.5, 0.6) is 0 Å². The van der Waals surface area contributed by atoms with Crippen LogP contribution in [0.25, 0.3) is 0 Å². The smallest absolute Gasteiger partial charge is 0.0238 e. The summed E-state index contributed by atoms with van der Waals surface area (Å²) in [5.41, 5.74) is 2.99. The predicted molar refractivity (Wildman–Crippen MR) is 72.4 cm³/mol. The molecule has 3 N–H and O–H groups in total. The molecule has 0 aliphatic rings. The largest absolute Gasteiger partial charge is 0.271 e. The molecule has 0 bridgehead atoms. The Labute approximate surface area is 103 Å². The van der Waals surface area contributed by atoms with Gasteiger partial charge in [-0.25, -0.2) is 0 Å². The molecule has 1 unspecified atom stereocenters. The van der Waals surface area contributed by atoms with Crippen molar-refractivity contribution in [3.63, 3.8) is 0 Å². The lowest BCUT2D eigenvalue weighted by Crippen LogP contribution is -2.40. The summed E-state index contributed by atoms with van der Waals surface area (Å²) < 4.78 is 0. The molecule has 0 fully saturated rings. The maximum atomic E-state index is 5.64. The minimum Gasteiger partial charge on any atom is -0.271 e. The third kappa shape index (κ3) is 4.24. The van der Waals surface area contributed by atoms with E-state index < -0.39 is 0 Å². The lowest BCUT2D eigenvalue weighted by molar-refractivity contribution is 0.316. The summed E-state index contributed by atoms with van der Waals surface area (Å²) >= 11 is 1.85. The van der Waals surface area contributed by atoms with E-state index in [-0.39, 0.29) is 0 Å². The number of hydrogen-bond acceptors (Lipinski definition) is 3. The van der Waals surface area contributed by atoms with Gasteiger partial charge in [0.15, 0.2) is 0 Å². The molecule has 3 heteroatoms. The van der Waals surface area contributed by atoms with Gasteiger partial charge in [0.25, 0.3) is 0 Å². The number of hydrogen-bond donors (Lipinski definition) is 2. The van der Waals surface area contributed by atoms with Gasteiger partial charge in [-0.1, -0.05) is 32.8 Å². The lowest BCUT2D eigenvalue weighted by atomic mass is 9.91. The monoisotopic (exact) mass is 240 g/mol. The Bertz CT molecular complexity index is 255. The highest BCUT2D eigenvalue weighted by Crippen LogP contribution is 2.19. The molecular weight excluding hydrogens is 216 g/mol. The van der Waals surface area contributed by atoms with Gasteiger partial charge in [0, 0.05) is 10.9 Å². The maximum Gasteiger partial charge on any atom is 0.0238 e. The van der Waals surface area contributed by atoms with Gasteiger partial charge in [-0.2, -0.15) is 0 Å². The molecule has 0 aliphatic carbocycles. The van der Waals surface area contributed by atoms with E-state index in [1.54, 1.807) is 0 Å². The van der Waals surface area contributed by atoms with Crippen molar-refractivity contribution in [3.05, 3.63) is 22.4 Å². The fraction of sp³-hybridized carbons (Fsp3) is 0.692. The van der Waals surface area contributed by atoms with E-state index in [9.17, 15) is 0 Å². The molecule has 92 valence electrons. The molecule has 1 heterocycles. The predicted octanol–water partition coefficient (Wildman–Crippen LogP) is 3.34. The van der Waals surface area contributed by atoms with Crippen molar-refractivity contribution < 1.29 is 0 Å². The summed E-state index contributed by atoms with van der Waals surface area (Å²) in [5, 5.41) is 2.15. The molecule has 1 aromatic rings. The van der Waals surface area contributed by atoms with E-state index in [0.29, 0.717) is 12.0 Å². The highest BCUT2D eigenvalue weighted by Gasteiger charge is 2.16. The van der Waals surface area contributed by atoms with Crippen LogP contribution < -0.4 is 11.3 Å². The second kappa shape index (κ2) is 7.82. The van der Waals surface area contributed by atoms with Gasteiger partial charge in [0.05, 0.1) is 0 Å². The van der Waals surface area contributed by atoms with Gasteiger partial charge in [-0.3, -0.25) is 11.3 Å². The number of thiophene rings is 1. The van der Waals surface area contributed by atoms with Crippen LogP contribution in [0.1, 0.15) is 44.4 Å². The van der Waals surface area contributed by atoms with Crippen molar-refractivity contribution >= 4 is 11.3 Å². The molecule has 16 heavy (non-hydrogen) atoms. The minimum absolute atomic E-state index is 0.481. The van der Waals surface area contributed by atoms with Crippen molar-refractivity contribution in [2.75, 3.05) is 0 Å². The van der Waals surface area contributed by atoms with E-state index in [1.165, 1.54) is 37.0 Å². The topological polar surface area (TPSA) is 38.0 Å². The number of rotatable bonds is 8. The molecule has 2 nitrogen and oxygen atoms in total. The third-order valence-corrected chi connectivity index (χ3v) is 4.29. The van der Waals surface area contributed by atoms with E-state index in [1.807, 2.05) is 11.3 Å². The molecule has 0 radical (unpaired) electrons. The number of nitrogens with two attached hydrogens (primary N) is 1. The fourth-order valence-corrected chi connectivity index (χ4v) is 3.02. The molecule has 0 spiro atoms. The third-order valence-electron chi connectivity index (χ3n) is 3.35. The summed E-state index contributed by atoms with van der Waals surface area (Å²) in [5.74, 6) is 6.35. The van der Waals surface area contributed by atoms with Crippen LogP contribution in [0.4, 0.5) is 0 Å². The van der Waals surface area contributed by atoms with E-state index in [0.717, 1.165) is 0 Å². The van der Waals surface area contributed by atoms with Crippen molar-refractivity contribution in [3.8, 4) is 0 Å². The van der Waals surface area contributed by atoms with Crippen LogP contribution in [0.15, 0.2) is 17.5 Å².